The maximum absolute atomic E-state index is 12.8. The van der Waals surface area contributed by atoms with Gasteiger partial charge in [-0.2, -0.15) is 0 Å². The summed E-state index contributed by atoms with van der Waals surface area (Å²) in [6, 6.07) is 12.6. The normalized spacial score (nSPS) is 10.2. The number of carbonyl (C=O) groups excluding carboxylic acids is 2. The molecule has 2 N–H and O–H groups in total. The molecule has 0 aliphatic rings. The first kappa shape index (κ1) is 18.4. The summed E-state index contributed by atoms with van der Waals surface area (Å²) < 4.78 is 17.9. The van der Waals surface area contributed by atoms with Crippen molar-refractivity contribution in [2.75, 3.05) is 6.61 Å². The van der Waals surface area contributed by atoms with E-state index in [0.29, 0.717) is 11.3 Å². The third-order valence-corrected chi connectivity index (χ3v) is 3.53. The van der Waals surface area contributed by atoms with E-state index in [9.17, 15) is 14.0 Å². The number of halogens is 1. The van der Waals surface area contributed by atoms with Gasteiger partial charge in [0.05, 0.1) is 0 Å². The number of nitrogens with one attached hydrogen (secondary N) is 2. The van der Waals surface area contributed by atoms with Crippen molar-refractivity contribution in [2.45, 2.75) is 26.2 Å². The third-order valence-electron chi connectivity index (χ3n) is 3.53. The van der Waals surface area contributed by atoms with Crippen molar-refractivity contribution >= 4 is 11.8 Å². The molecular weight excluding hydrogens is 323 g/mol. The van der Waals surface area contributed by atoms with Crippen molar-refractivity contribution < 1.29 is 18.7 Å². The van der Waals surface area contributed by atoms with E-state index in [1.807, 2.05) is 12.1 Å². The van der Waals surface area contributed by atoms with Gasteiger partial charge in [-0.25, -0.2) is 4.39 Å². The van der Waals surface area contributed by atoms with Gasteiger partial charge < -0.3 is 4.74 Å². The quantitative estimate of drug-likeness (QED) is 0.759. The second-order valence-corrected chi connectivity index (χ2v) is 5.55. The smallest absolute Gasteiger partial charge is 0.276 e. The van der Waals surface area contributed by atoms with E-state index in [-0.39, 0.29) is 12.4 Å². The van der Waals surface area contributed by atoms with Crippen molar-refractivity contribution in [3.8, 4) is 5.75 Å². The van der Waals surface area contributed by atoms with Crippen molar-refractivity contribution in [3.63, 3.8) is 0 Å². The molecule has 6 heteroatoms. The standard InChI is InChI=1S/C19H21FN2O3/c1-2-3-4-14-5-7-15(8-6-14)19(24)22-21-18(23)13-25-17-11-9-16(20)10-12-17/h5-12H,2-4,13H2,1H3,(H,21,23)(H,22,24). The van der Waals surface area contributed by atoms with Gasteiger partial charge in [0.2, 0.25) is 0 Å². The predicted octanol–water partition coefficient (Wildman–Crippen LogP) is 3.01. The Balaban J connectivity index is 1.74. The van der Waals surface area contributed by atoms with Gasteiger partial charge in [0.15, 0.2) is 6.61 Å². The van der Waals surface area contributed by atoms with Crippen molar-refractivity contribution in [2.24, 2.45) is 0 Å². The second kappa shape index (κ2) is 9.42. The number of amides is 2. The van der Waals surface area contributed by atoms with Crippen molar-refractivity contribution in [3.05, 3.63) is 65.5 Å². The SMILES string of the molecule is CCCCc1ccc(C(=O)NNC(=O)COc2ccc(F)cc2)cc1. The van der Waals surface area contributed by atoms with E-state index in [1.54, 1.807) is 12.1 Å². The van der Waals surface area contributed by atoms with Crippen LogP contribution in [-0.4, -0.2) is 18.4 Å². The molecule has 0 heterocycles. The maximum Gasteiger partial charge on any atom is 0.276 e. The Kier molecular flexibility index (Phi) is 6.95. The van der Waals surface area contributed by atoms with Gasteiger partial charge >= 0.3 is 0 Å². The number of unbranched alkanes of at least 4 members (excludes halogenated alkanes) is 1. The Morgan fingerprint density at radius 2 is 1.68 bits per heavy atom. The van der Waals surface area contributed by atoms with Gasteiger partial charge in [0.1, 0.15) is 11.6 Å². The topological polar surface area (TPSA) is 67.4 Å². The molecule has 0 saturated heterocycles. The molecule has 2 rings (SSSR count). The molecule has 0 atom stereocenters. The average Bonchev–Trinajstić information content (AvgIpc) is 2.64. The lowest BCUT2D eigenvalue weighted by atomic mass is 10.1. The second-order valence-electron chi connectivity index (χ2n) is 5.55. The van der Waals surface area contributed by atoms with Gasteiger partial charge in [-0.3, -0.25) is 20.4 Å². The fourth-order valence-corrected chi connectivity index (χ4v) is 2.12. The van der Waals surface area contributed by atoms with E-state index >= 15 is 0 Å². The van der Waals surface area contributed by atoms with E-state index in [2.05, 4.69) is 17.8 Å². The summed E-state index contributed by atoms with van der Waals surface area (Å²) in [6.45, 7) is 1.84. The van der Waals surface area contributed by atoms with E-state index in [0.717, 1.165) is 19.3 Å². The Morgan fingerprint density at radius 3 is 2.32 bits per heavy atom. The summed E-state index contributed by atoms with van der Waals surface area (Å²) in [5.74, 6) is -0.940. The van der Waals surface area contributed by atoms with Crippen LogP contribution in [0.5, 0.6) is 5.75 Å². The molecule has 0 radical (unpaired) electrons. The lowest BCUT2D eigenvalue weighted by molar-refractivity contribution is -0.123. The predicted molar refractivity (Wildman–Crippen MR) is 92.6 cm³/mol. The van der Waals surface area contributed by atoms with Gasteiger partial charge in [0, 0.05) is 5.56 Å². The number of rotatable bonds is 7. The highest BCUT2D eigenvalue weighted by atomic mass is 19.1. The van der Waals surface area contributed by atoms with Gasteiger partial charge in [-0.15, -0.1) is 0 Å². The lowest BCUT2D eigenvalue weighted by Crippen LogP contribution is -2.43. The minimum atomic E-state index is -0.516. The Labute approximate surface area is 146 Å². The molecule has 0 aliphatic carbocycles. The zero-order valence-corrected chi connectivity index (χ0v) is 14.0. The highest BCUT2D eigenvalue weighted by molar-refractivity contribution is 5.95. The zero-order valence-electron chi connectivity index (χ0n) is 14.0. The minimum Gasteiger partial charge on any atom is -0.484 e. The highest BCUT2D eigenvalue weighted by Gasteiger charge is 2.08. The number of ether oxygens (including phenoxy) is 1. The molecule has 0 bridgehead atoms. The largest absolute Gasteiger partial charge is 0.484 e. The summed E-state index contributed by atoms with van der Waals surface area (Å²) in [7, 11) is 0. The van der Waals surface area contributed by atoms with Crippen LogP contribution in [0.1, 0.15) is 35.7 Å². The molecule has 0 unspecified atom stereocenters. The van der Waals surface area contributed by atoms with Crippen LogP contribution in [0.15, 0.2) is 48.5 Å². The summed E-state index contributed by atoms with van der Waals surface area (Å²) in [5, 5.41) is 0. The number of benzene rings is 2. The summed E-state index contributed by atoms with van der Waals surface area (Å²) in [5.41, 5.74) is 6.24. The van der Waals surface area contributed by atoms with Crippen LogP contribution >= 0.6 is 0 Å². The first-order chi connectivity index (χ1) is 12.1. The molecule has 0 aliphatic heterocycles. The average molecular weight is 344 g/mol. The molecule has 0 saturated carbocycles. The van der Waals surface area contributed by atoms with Crippen LogP contribution in [0, 0.1) is 5.82 Å². The van der Waals surface area contributed by atoms with Crippen molar-refractivity contribution in [1.82, 2.24) is 10.9 Å². The monoisotopic (exact) mass is 344 g/mol. The minimum absolute atomic E-state index is 0.290. The Hall–Kier alpha value is -2.89. The summed E-state index contributed by atoms with van der Waals surface area (Å²) in [6.07, 6.45) is 3.21. The van der Waals surface area contributed by atoms with Gasteiger partial charge in [-0.05, 0) is 54.8 Å². The van der Waals surface area contributed by atoms with E-state index in [4.69, 9.17) is 4.74 Å². The first-order valence-corrected chi connectivity index (χ1v) is 8.15. The van der Waals surface area contributed by atoms with Crippen LogP contribution in [0.2, 0.25) is 0 Å². The van der Waals surface area contributed by atoms with E-state index < -0.39 is 11.8 Å². The number of hydrazine groups is 1. The Bertz CT molecular complexity index is 700. The van der Waals surface area contributed by atoms with Gasteiger partial charge in [-0.1, -0.05) is 25.5 Å². The molecule has 5 nitrogen and oxygen atoms in total. The molecule has 2 aromatic rings. The van der Waals surface area contributed by atoms with Crippen LogP contribution in [0.4, 0.5) is 4.39 Å². The first-order valence-electron chi connectivity index (χ1n) is 8.15. The molecule has 132 valence electrons. The van der Waals surface area contributed by atoms with Crippen LogP contribution < -0.4 is 15.6 Å². The highest BCUT2D eigenvalue weighted by Crippen LogP contribution is 2.10. The number of hydrogen-bond acceptors (Lipinski definition) is 3. The van der Waals surface area contributed by atoms with Crippen LogP contribution in [0.25, 0.3) is 0 Å². The van der Waals surface area contributed by atoms with E-state index in [1.165, 1.54) is 29.8 Å². The van der Waals surface area contributed by atoms with Crippen molar-refractivity contribution in [1.29, 1.82) is 0 Å². The third kappa shape index (κ3) is 6.25. The molecular formula is C19H21FN2O3. The van der Waals surface area contributed by atoms with Gasteiger partial charge in [0.25, 0.3) is 11.8 Å². The lowest BCUT2D eigenvalue weighted by Gasteiger charge is -2.09. The molecule has 2 aromatic carbocycles. The zero-order chi connectivity index (χ0) is 18.1. The fraction of sp³-hybridized carbons (Fsp3) is 0.263. The summed E-state index contributed by atoms with van der Waals surface area (Å²) in [4.78, 5) is 23.6. The maximum atomic E-state index is 12.8. The Morgan fingerprint density at radius 1 is 1.00 bits per heavy atom. The number of aryl methyl sites for hydroxylation is 1. The molecule has 2 amide bonds. The number of hydrogen-bond donors (Lipinski definition) is 2. The van der Waals surface area contributed by atoms with Crippen LogP contribution in [-0.2, 0) is 11.2 Å². The molecule has 0 fully saturated rings. The molecule has 0 aromatic heterocycles. The summed E-state index contributed by atoms with van der Waals surface area (Å²) >= 11 is 0. The molecule has 25 heavy (non-hydrogen) atoms. The number of carbonyl (C=O) groups is 2. The molecule has 0 spiro atoms. The fourth-order valence-electron chi connectivity index (χ4n) is 2.12. The van der Waals surface area contributed by atoms with Crippen LogP contribution in [0.3, 0.4) is 0 Å².